The van der Waals surface area contributed by atoms with Gasteiger partial charge in [-0.3, -0.25) is 4.79 Å². The molecule has 4 aromatic rings. The number of carbonyl (C=O) groups excluding carboxylic acids is 2. The van der Waals surface area contributed by atoms with Crippen molar-refractivity contribution in [3.05, 3.63) is 88.9 Å². The summed E-state index contributed by atoms with van der Waals surface area (Å²) in [6.07, 6.45) is 0. The zero-order valence-electron chi connectivity index (χ0n) is 21.8. The lowest BCUT2D eigenvalue weighted by atomic mass is 10.1. The number of benzene rings is 3. The maximum absolute atomic E-state index is 13.3. The maximum atomic E-state index is 13.3. The number of urea groups is 1. The Labute approximate surface area is 237 Å². The van der Waals surface area contributed by atoms with Crippen LogP contribution >= 0.6 is 23.2 Å². The molecule has 0 radical (unpaired) electrons. The van der Waals surface area contributed by atoms with Gasteiger partial charge < -0.3 is 20.3 Å². The number of hydrogen-bond acceptors (Lipinski definition) is 4. The lowest BCUT2D eigenvalue weighted by Crippen LogP contribution is -2.44. The average molecular weight is 566 g/mol. The van der Waals surface area contributed by atoms with Gasteiger partial charge in [-0.1, -0.05) is 65.7 Å². The van der Waals surface area contributed by atoms with E-state index in [0.717, 1.165) is 5.56 Å². The molecule has 10 heteroatoms. The number of para-hydroxylation sites is 2. The Morgan fingerprint density at radius 2 is 1.67 bits per heavy atom. The van der Waals surface area contributed by atoms with Crippen LogP contribution in [0.4, 0.5) is 16.3 Å². The van der Waals surface area contributed by atoms with Gasteiger partial charge in [0.1, 0.15) is 18.1 Å². The van der Waals surface area contributed by atoms with Crippen molar-refractivity contribution in [3.63, 3.8) is 0 Å². The number of ether oxygens (including phenoxy) is 1. The van der Waals surface area contributed by atoms with E-state index in [-0.39, 0.29) is 12.6 Å². The Morgan fingerprint density at radius 3 is 2.36 bits per heavy atom. The number of nitrogens with one attached hydrogen (secondary N) is 2. The fourth-order valence-corrected chi connectivity index (χ4v) is 4.19. The Balaban J connectivity index is 1.58. The second-order valence-corrected chi connectivity index (χ2v) is 9.73. The van der Waals surface area contributed by atoms with Crippen molar-refractivity contribution in [1.29, 1.82) is 0 Å². The Morgan fingerprint density at radius 1 is 0.949 bits per heavy atom. The van der Waals surface area contributed by atoms with E-state index in [1.165, 1.54) is 4.90 Å². The van der Waals surface area contributed by atoms with Crippen LogP contribution in [0.1, 0.15) is 20.8 Å². The highest BCUT2D eigenvalue weighted by atomic mass is 35.5. The van der Waals surface area contributed by atoms with E-state index in [9.17, 15) is 9.59 Å². The first-order valence-electron chi connectivity index (χ1n) is 12.5. The number of nitrogens with zero attached hydrogens (tertiary/aromatic N) is 3. The third kappa shape index (κ3) is 6.90. The minimum absolute atomic E-state index is 0.187. The van der Waals surface area contributed by atoms with Crippen LogP contribution in [0.15, 0.2) is 78.9 Å². The number of hydrogen-bond donors (Lipinski definition) is 2. The first kappa shape index (κ1) is 28.0. The first-order chi connectivity index (χ1) is 18.8. The molecule has 2 N–H and O–H groups in total. The lowest BCUT2D eigenvalue weighted by Gasteiger charge is -2.26. The SMILES string of the molecule is CCOc1ccccc1NC(=O)N(CC(=O)Nc1cc(-c2ccccc2)nn1-c1ccc(Cl)c(Cl)c1)C(C)C. The third-order valence-corrected chi connectivity index (χ3v) is 6.56. The standard InChI is InChI=1S/C29H29Cl2N5O3/c1-4-39-26-13-9-8-12-24(26)32-29(38)35(19(2)3)18-28(37)33-27-17-25(20-10-6-5-7-11-20)34-36(27)21-14-15-22(30)23(31)16-21/h5-17,19H,4,18H2,1-3H3,(H,32,38)(H,33,37). The zero-order valence-corrected chi connectivity index (χ0v) is 23.3. The summed E-state index contributed by atoms with van der Waals surface area (Å²) in [5.41, 5.74) is 2.68. The van der Waals surface area contributed by atoms with E-state index in [1.807, 2.05) is 57.2 Å². The van der Waals surface area contributed by atoms with Crippen LogP contribution in [0, 0.1) is 0 Å². The number of carbonyl (C=O) groups is 2. The molecule has 0 bridgehead atoms. The quantitative estimate of drug-likeness (QED) is 0.226. The van der Waals surface area contributed by atoms with Crippen LogP contribution in [-0.4, -0.2) is 45.8 Å². The van der Waals surface area contributed by atoms with Gasteiger partial charge >= 0.3 is 6.03 Å². The summed E-state index contributed by atoms with van der Waals surface area (Å²) in [5, 5.41) is 11.2. The monoisotopic (exact) mass is 565 g/mol. The molecular formula is C29H29Cl2N5O3. The molecule has 1 heterocycles. The molecule has 0 aliphatic rings. The molecule has 8 nitrogen and oxygen atoms in total. The first-order valence-corrected chi connectivity index (χ1v) is 13.2. The molecule has 3 amide bonds. The Hall–Kier alpha value is -4.01. The zero-order chi connectivity index (χ0) is 27.9. The second kappa shape index (κ2) is 12.7. The fourth-order valence-electron chi connectivity index (χ4n) is 3.90. The molecule has 3 aromatic carbocycles. The van der Waals surface area contributed by atoms with Crippen molar-refractivity contribution < 1.29 is 14.3 Å². The van der Waals surface area contributed by atoms with Crippen molar-refractivity contribution in [1.82, 2.24) is 14.7 Å². The van der Waals surface area contributed by atoms with Crippen molar-refractivity contribution in [2.24, 2.45) is 0 Å². The molecule has 1 aromatic heterocycles. The Kier molecular flexibility index (Phi) is 9.11. The van der Waals surface area contributed by atoms with Crippen molar-refractivity contribution >= 4 is 46.6 Å². The minimum atomic E-state index is -0.421. The minimum Gasteiger partial charge on any atom is -0.492 e. The van der Waals surface area contributed by atoms with Gasteiger partial charge in [-0.15, -0.1) is 0 Å². The van der Waals surface area contributed by atoms with E-state index in [4.69, 9.17) is 33.0 Å². The average Bonchev–Trinajstić information content (AvgIpc) is 3.34. The smallest absolute Gasteiger partial charge is 0.322 e. The summed E-state index contributed by atoms with van der Waals surface area (Å²) in [4.78, 5) is 27.9. The van der Waals surface area contributed by atoms with Crippen molar-refractivity contribution in [2.75, 3.05) is 23.8 Å². The number of amides is 3. The molecule has 0 spiro atoms. The highest BCUT2D eigenvalue weighted by molar-refractivity contribution is 6.42. The second-order valence-electron chi connectivity index (χ2n) is 8.92. The van der Waals surface area contributed by atoms with Crippen molar-refractivity contribution in [3.8, 4) is 22.7 Å². The number of aromatic nitrogens is 2. The van der Waals surface area contributed by atoms with Gasteiger partial charge in [-0.2, -0.15) is 5.10 Å². The summed E-state index contributed by atoms with van der Waals surface area (Å²) in [7, 11) is 0. The molecule has 0 aliphatic heterocycles. The molecule has 0 aliphatic carbocycles. The van der Waals surface area contributed by atoms with Gasteiger partial charge in [0.25, 0.3) is 0 Å². The van der Waals surface area contributed by atoms with Gasteiger partial charge in [-0.05, 0) is 51.1 Å². The van der Waals surface area contributed by atoms with Crippen LogP contribution in [-0.2, 0) is 4.79 Å². The molecule has 0 saturated heterocycles. The number of halogens is 2. The predicted octanol–water partition coefficient (Wildman–Crippen LogP) is 7.13. The summed E-state index contributed by atoms with van der Waals surface area (Å²) in [6.45, 7) is 5.83. The number of rotatable bonds is 9. The molecule has 0 saturated carbocycles. The summed E-state index contributed by atoms with van der Waals surface area (Å²) < 4.78 is 7.19. The molecule has 39 heavy (non-hydrogen) atoms. The van der Waals surface area contributed by atoms with Gasteiger partial charge in [0, 0.05) is 17.7 Å². The normalized spacial score (nSPS) is 10.8. The molecule has 0 atom stereocenters. The van der Waals surface area contributed by atoms with E-state index < -0.39 is 11.9 Å². The maximum Gasteiger partial charge on any atom is 0.322 e. The van der Waals surface area contributed by atoms with Crippen LogP contribution < -0.4 is 15.4 Å². The highest BCUT2D eigenvalue weighted by Crippen LogP contribution is 2.29. The molecule has 0 unspecified atom stereocenters. The van der Waals surface area contributed by atoms with E-state index in [0.29, 0.717) is 45.3 Å². The van der Waals surface area contributed by atoms with Gasteiger partial charge in [-0.25, -0.2) is 9.48 Å². The van der Waals surface area contributed by atoms with Crippen LogP contribution in [0.2, 0.25) is 10.0 Å². The molecule has 0 fully saturated rings. The van der Waals surface area contributed by atoms with Crippen LogP contribution in [0.25, 0.3) is 16.9 Å². The topological polar surface area (TPSA) is 88.5 Å². The van der Waals surface area contributed by atoms with E-state index in [2.05, 4.69) is 10.6 Å². The fraction of sp³-hybridized carbons (Fsp3) is 0.207. The number of anilines is 2. The lowest BCUT2D eigenvalue weighted by molar-refractivity contribution is -0.117. The molecular weight excluding hydrogens is 537 g/mol. The third-order valence-electron chi connectivity index (χ3n) is 5.82. The van der Waals surface area contributed by atoms with Gasteiger partial charge in [0.05, 0.1) is 33.7 Å². The van der Waals surface area contributed by atoms with Gasteiger partial charge in [0.2, 0.25) is 5.91 Å². The summed E-state index contributed by atoms with van der Waals surface area (Å²) in [6, 6.07) is 23.0. The van der Waals surface area contributed by atoms with Crippen molar-refractivity contribution in [2.45, 2.75) is 26.8 Å². The summed E-state index contributed by atoms with van der Waals surface area (Å²) >= 11 is 12.4. The van der Waals surface area contributed by atoms with Crippen LogP contribution in [0.3, 0.4) is 0 Å². The summed E-state index contributed by atoms with van der Waals surface area (Å²) in [5.74, 6) is 0.585. The van der Waals surface area contributed by atoms with Gasteiger partial charge in [0.15, 0.2) is 0 Å². The van der Waals surface area contributed by atoms with E-state index >= 15 is 0 Å². The molecule has 4 rings (SSSR count). The largest absolute Gasteiger partial charge is 0.492 e. The highest BCUT2D eigenvalue weighted by Gasteiger charge is 2.23. The van der Waals surface area contributed by atoms with E-state index in [1.54, 1.807) is 47.1 Å². The predicted molar refractivity (Wildman–Crippen MR) is 156 cm³/mol. The Bertz CT molecular complexity index is 1460. The molecule has 202 valence electrons. The van der Waals surface area contributed by atoms with Crippen LogP contribution in [0.5, 0.6) is 5.75 Å².